The highest BCUT2D eigenvalue weighted by atomic mass is 127. The molecule has 0 aliphatic carbocycles. The van der Waals surface area contributed by atoms with Crippen molar-refractivity contribution in [3.63, 3.8) is 0 Å². The molecule has 0 aromatic heterocycles. The van der Waals surface area contributed by atoms with E-state index in [1.165, 1.54) is 36.4 Å². The van der Waals surface area contributed by atoms with Crippen LogP contribution in [0.5, 0.6) is 11.5 Å². The SMILES string of the molecule is CCOc1cc(/C=C2/SC(=O)N(CC(=O)Nc3cccc(F)c3)C2=O)cc(I)c1OCc1cccc(C(=O)O)c1. The van der Waals surface area contributed by atoms with E-state index in [0.29, 0.717) is 44.6 Å². The second-order valence-electron chi connectivity index (χ2n) is 8.38. The summed E-state index contributed by atoms with van der Waals surface area (Å²) in [6.07, 6.45) is 1.53. The zero-order chi connectivity index (χ0) is 28.8. The van der Waals surface area contributed by atoms with Gasteiger partial charge in [-0.25, -0.2) is 9.18 Å². The van der Waals surface area contributed by atoms with Crippen LogP contribution in [0.1, 0.15) is 28.4 Å². The zero-order valence-corrected chi connectivity index (χ0v) is 24.0. The third-order valence-corrected chi connectivity index (χ3v) is 7.18. The van der Waals surface area contributed by atoms with E-state index >= 15 is 0 Å². The number of rotatable bonds is 10. The Balaban J connectivity index is 1.49. The van der Waals surface area contributed by atoms with E-state index in [-0.39, 0.29) is 22.8 Å². The van der Waals surface area contributed by atoms with Gasteiger partial charge >= 0.3 is 5.97 Å². The van der Waals surface area contributed by atoms with Gasteiger partial charge in [0.2, 0.25) is 5.91 Å². The number of benzene rings is 3. The second kappa shape index (κ2) is 13.0. The molecule has 0 saturated carbocycles. The van der Waals surface area contributed by atoms with Crippen molar-refractivity contribution in [2.24, 2.45) is 0 Å². The number of amides is 3. The average Bonchev–Trinajstić information content (AvgIpc) is 3.15. The van der Waals surface area contributed by atoms with Gasteiger partial charge in [-0.1, -0.05) is 18.2 Å². The summed E-state index contributed by atoms with van der Waals surface area (Å²) in [6, 6.07) is 15.1. The summed E-state index contributed by atoms with van der Waals surface area (Å²) in [5, 5.41) is 11.1. The van der Waals surface area contributed by atoms with Crippen LogP contribution in [0.15, 0.2) is 65.6 Å². The van der Waals surface area contributed by atoms with Crippen molar-refractivity contribution in [1.82, 2.24) is 4.90 Å². The van der Waals surface area contributed by atoms with Crippen LogP contribution in [-0.4, -0.2) is 46.2 Å². The minimum Gasteiger partial charge on any atom is -0.490 e. The number of hydrogen-bond donors (Lipinski definition) is 2. The maximum Gasteiger partial charge on any atom is 0.335 e. The fourth-order valence-corrected chi connectivity index (χ4v) is 5.34. The van der Waals surface area contributed by atoms with E-state index < -0.39 is 35.4 Å². The molecule has 0 unspecified atom stereocenters. The third-order valence-electron chi connectivity index (χ3n) is 5.47. The van der Waals surface area contributed by atoms with Gasteiger partial charge in [0.15, 0.2) is 11.5 Å². The highest BCUT2D eigenvalue weighted by Crippen LogP contribution is 2.38. The number of carbonyl (C=O) groups excluding carboxylic acids is 3. The summed E-state index contributed by atoms with van der Waals surface area (Å²) in [7, 11) is 0. The quantitative estimate of drug-likeness (QED) is 0.205. The molecule has 206 valence electrons. The van der Waals surface area contributed by atoms with Crippen molar-refractivity contribution >= 4 is 69.1 Å². The third kappa shape index (κ3) is 7.18. The minimum absolute atomic E-state index is 0.104. The number of aromatic carboxylic acids is 1. The molecule has 1 saturated heterocycles. The van der Waals surface area contributed by atoms with Crippen LogP contribution in [0, 0.1) is 9.39 Å². The molecular formula is C28H22FIN2O7S. The van der Waals surface area contributed by atoms with Gasteiger partial charge in [-0.2, -0.15) is 0 Å². The molecule has 0 bridgehead atoms. The number of nitrogens with one attached hydrogen (secondary N) is 1. The van der Waals surface area contributed by atoms with Gasteiger partial charge in [0.25, 0.3) is 11.1 Å². The molecule has 1 aliphatic rings. The molecule has 40 heavy (non-hydrogen) atoms. The number of carboxylic acid groups (broad SMARTS) is 1. The summed E-state index contributed by atoms with van der Waals surface area (Å²) >= 11 is 2.77. The molecule has 0 radical (unpaired) electrons. The molecule has 4 rings (SSSR count). The van der Waals surface area contributed by atoms with Crippen molar-refractivity contribution in [3.8, 4) is 11.5 Å². The van der Waals surface area contributed by atoms with E-state index in [2.05, 4.69) is 27.9 Å². The van der Waals surface area contributed by atoms with Gasteiger partial charge in [0.1, 0.15) is 19.0 Å². The van der Waals surface area contributed by atoms with Gasteiger partial charge in [0, 0.05) is 5.69 Å². The van der Waals surface area contributed by atoms with Crippen molar-refractivity contribution in [2.75, 3.05) is 18.5 Å². The van der Waals surface area contributed by atoms with Crippen LogP contribution < -0.4 is 14.8 Å². The van der Waals surface area contributed by atoms with Crippen LogP contribution in [0.25, 0.3) is 6.08 Å². The molecular weight excluding hydrogens is 654 g/mol. The summed E-state index contributed by atoms with van der Waals surface area (Å²) < 4.78 is 25.8. The number of nitrogens with zero attached hydrogens (tertiary/aromatic N) is 1. The molecule has 1 heterocycles. The fraction of sp³-hybridized carbons (Fsp3) is 0.143. The lowest BCUT2D eigenvalue weighted by Gasteiger charge is -2.15. The Morgan fingerprint density at radius 2 is 1.88 bits per heavy atom. The number of hydrogen-bond acceptors (Lipinski definition) is 7. The van der Waals surface area contributed by atoms with E-state index in [1.807, 2.05) is 0 Å². The van der Waals surface area contributed by atoms with E-state index in [1.54, 1.807) is 31.2 Å². The lowest BCUT2D eigenvalue weighted by atomic mass is 10.1. The van der Waals surface area contributed by atoms with Crippen LogP contribution in [-0.2, 0) is 16.2 Å². The average molecular weight is 676 g/mol. The van der Waals surface area contributed by atoms with Crippen LogP contribution in [0.3, 0.4) is 0 Å². The number of thioether (sulfide) groups is 1. The van der Waals surface area contributed by atoms with Crippen molar-refractivity contribution < 1.29 is 38.1 Å². The van der Waals surface area contributed by atoms with Crippen molar-refractivity contribution in [3.05, 3.63) is 91.6 Å². The van der Waals surface area contributed by atoms with Gasteiger partial charge in [-0.3, -0.25) is 19.3 Å². The fourth-order valence-electron chi connectivity index (χ4n) is 3.72. The number of imide groups is 1. The Morgan fingerprint density at radius 1 is 1.10 bits per heavy atom. The predicted octanol–water partition coefficient (Wildman–Crippen LogP) is 5.78. The Labute approximate surface area is 246 Å². The number of carbonyl (C=O) groups is 4. The molecule has 3 aromatic rings. The van der Waals surface area contributed by atoms with E-state index in [0.717, 1.165) is 11.0 Å². The highest BCUT2D eigenvalue weighted by molar-refractivity contribution is 14.1. The van der Waals surface area contributed by atoms with Crippen molar-refractivity contribution in [2.45, 2.75) is 13.5 Å². The lowest BCUT2D eigenvalue weighted by Crippen LogP contribution is -2.36. The molecule has 3 amide bonds. The maximum atomic E-state index is 13.4. The van der Waals surface area contributed by atoms with Crippen LogP contribution in [0.4, 0.5) is 14.9 Å². The van der Waals surface area contributed by atoms with Gasteiger partial charge in [-0.15, -0.1) is 0 Å². The van der Waals surface area contributed by atoms with Crippen molar-refractivity contribution in [1.29, 1.82) is 0 Å². The smallest absolute Gasteiger partial charge is 0.335 e. The molecule has 0 atom stereocenters. The predicted molar refractivity (Wildman–Crippen MR) is 156 cm³/mol. The first kappa shape index (κ1) is 29.1. The minimum atomic E-state index is -1.03. The van der Waals surface area contributed by atoms with Crippen LogP contribution in [0.2, 0.25) is 0 Å². The first-order chi connectivity index (χ1) is 19.1. The number of anilines is 1. The number of ether oxygens (including phenoxy) is 2. The number of halogens is 2. The first-order valence-electron chi connectivity index (χ1n) is 11.9. The summed E-state index contributed by atoms with van der Waals surface area (Å²) in [4.78, 5) is 50.0. The molecule has 12 heteroatoms. The van der Waals surface area contributed by atoms with Gasteiger partial charge in [-0.05, 0) is 101 Å². The normalized spacial score (nSPS) is 14.0. The Bertz CT molecular complexity index is 1530. The molecule has 0 spiro atoms. The molecule has 1 fully saturated rings. The summed E-state index contributed by atoms with van der Waals surface area (Å²) in [6.45, 7) is 1.73. The maximum absolute atomic E-state index is 13.4. The Hall–Kier alpha value is -3.91. The van der Waals surface area contributed by atoms with E-state index in [4.69, 9.17) is 9.47 Å². The van der Waals surface area contributed by atoms with Gasteiger partial charge in [0.05, 0.1) is 20.6 Å². The summed E-state index contributed by atoms with van der Waals surface area (Å²) in [5.41, 5.74) is 1.60. The Morgan fingerprint density at radius 3 is 2.60 bits per heavy atom. The standard InChI is InChI=1S/C28H22FIN2O7S/c1-2-38-22-11-17(10-21(30)25(22)39-15-16-5-3-6-18(9-16)27(35)36)12-23-26(34)32(28(37)40-23)14-24(33)31-20-8-4-7-19(29)13-20/h3-13H,2,14-15H2,1H3,(H,31,33)(H,35,36)/b23-12+. The monoisotopic (exact) mass is 676 g/mol. The zero-order valence-electron chi connectivity index (χ0n) is 21.0. The second-order valence-corrected chi connectivity index (χ2v) is 10.5. The summed E-state index contributed by atoms with van der Waals surface area (Å²) in [5.74, 6) is -1.98. The molecule has 1 aliphatic heterocycles. The number of carboxylic acids is 1. The topological polar surface area (TPSA) is 122 Å². The molecule has 2 N–H and O–H groups in total. The lowest BCUT2D eigenvalue weighted by molar-refractivity contribution is -0.127. The largest absolute Gasteiger partial charge is 0.490 e. The highest BCUT2D eigenvalue weighted by Gasteiger charge is 2.36. The molecule has 9 nitrogen and oxygen atoms in total. The molecule has 3 aromatic carbocycles. The van der Waals surface area contributed by atoms with Gasteiger partial charge < -0.3 is 19.9 Å². The van der Waals surface area contributed by atoms with Crippen LogP contribution >= 0.6 is 34.4 Å². The van der Waals surface area contributed by atoms with E-state index in [9.17, 15) is 28.7 Å². The first-order valence-corrected chi connectivity index (χ1v) is 13.8. The Kier molecular flexibility index (Phi) is 9.42.